The van der Waals surface area contributed by atoms with Crippen LogP contribution in [-0.2, 0) is 11.2 Å². The molecule has 14 heteroatoms. The van der Waals surface area contributed by atoms with E-state index in [0.717, 1.165) is 42.0 Å². The van der Waals surface area contributed by atoms with Crippen molar-refractivity contribution < 1.29 is 31.8 Å². The largest absolute Gasteiger partial charge is 0.342 e. The molecule has 4 aromatic carbocycles. The molecule has 2 amide bonds. The van der Waals surface area contributed by atoms with Crippen molar-refractivity contribution in [3.05, 3.63) is 150 Å². The van der Waals surface area contributed by atoms with E-state index in [2.05, 4.69) is 25.3 Å². The van der Waals surface area contributed by atoms with Crippen LogP contribution in [0.25, 0.3) is 33.5 Å². The molecule has 0 unspecified atom stereocenters. The van der Waals surface area contributed by atoms with Crippen LogP contribution in [0.3, 0.4) is 0 Å². The van der Waals surface area contributed by atoms with Crippen molar-refractivity contribution >= 4 is 22.6 Å². The van der Waals surface area contributed by atoms with Gasteiger partial charge in [0.15, 0.2) is 0 Å². The normalized spacial score (nSPS) is 16.7. The van der Waals surface area contributed by atoms with Crippen molar-refractivity contribution in [2.75, 3.05) is 26.2 Å². The van der Waals surface area contributed by atoms with Crippen molar-refractivity contribution in [2.24, 2.45) is 0 Å². The maximum atomic E-state index is 13.1. The molecule has 3 aromatic heterocycles. The van der Waals surface area contributed by atoms with Gasteiger partial charge >= 0.3 is 0 Å². The number of piperidine rings is 2. The van der Waals surface area contributed by atoms with Gasteiger partial charge in [-0.3, -0.25) is 14.6 Å². The zero-order valence-corrected chi connectivity index (χ0v) is 32.0. The van der Waals surface area contributed by atoms with Crippen LogP contribution < -0.4 is 0 Å². The number of nitrogens with zero attached hydrogens (tertiary/aromatic N) is 7. The van der Waals surface area contributed by atoms with Gasteiger partial charge in [-0.1, -0.05) is 46.7 Å². The first kappa shape index (κ1) is 39.1. The van der Waals surface area contributed by atoms with Gasteiger partial charge in [0, 0.05) is 55.3 Å². The first-order valence-electron chi connectivity index (χ1n) is 19.6. The lowest BCUT2D eigenvalue weighted by Crippen LogP contribution is -2.39. The molecule has 59 heavy (non-hydrogen) atoms. The molecular weight excluding hydrogens is 760 g/mol. The number of aromatic nitrogens is 5. The third-order valence-corrected chi connectivity index (χ3v) is 10.7. The maximum absolute atomic E-state index is 13.1. The lowest BCUT2D eigenvalue weighted by atomic mass is 9.97. The molecule has 0 spiro atoms. The summed E-state index contributed by atoms with van der Waals surface area (Å²) in [5, 5.41) is 10.0. The predicted molar refractivity (Wildman–Crippen MR) is 212 cm³/mol. The van der Waals surface area contributed by atoms with E-state index < -0.39 is 0 Å². The van der Waals surface area contributed by atoms with Gasteiger partial charge < -0.3 is 18.8 Å². The molecule has 11 nitrogen and oxygen atoms in total. The summed E-state index contributed by atoms with van der Waals surface area (Å²) in [6.07, 6.45) is 6.13. The number of halogens is 3. The van der Waals surface area contributed by atoms with Crippen LogP contribution in [0.15, 0.2) is 118 Å². The second kappa shape index (κ2) is 17.8. The maximum Gasteiger partial charge on any atom is 0.272 e. The van der Waals surface area contributed by atoms with E-state index in [1.807, 2.05) is 35.2 Å². The fraction of sp³-hybridized carbons (Fsp3) is 0.267. The number of hydrogen-bond donors (Lipinski definition) is 0. The minimum Gasteiger partial charge on any atom is -0.342 e. The smallest absolute Gasteiger partial charge is 0.272 e. The van der Waals surface area contributed by atoms with Crippen LogP contribution in [0.4, 0.5) is 13.2 Å². The Kier molecular flexibility index (Phi) is 11.8. The van der Waals surface area contributed by atoms with Gasteiger partial charge in [0.2, 0.25) is 29.3 Å². The summed E-state index contributed by atoms with van der Waals surface area (Å²) in [7, 11) is 0. The summed E-state index contributed by atoms with van der Waals surface area (Å²) >= 11 is 0. The molecule has 0 N–H and O–H groups in total. The Labute approximate surface area is 337 Å². The number of aryl methyl sites for hydroxylation is 1. The van der Waals surface area contributed by atoms with E-state index in [1.54, 1.807) is 47.5 Å². The van der Waals surface area contributed by atoms with Crippen molar-refractivity contribution in [3.8, 4) is 22.8 Å². The highest BCUT2D eigenvalue weighted by Crippen LogP contribution is 2.30. The summed E-state index contributed by atoms with van der Waals surface area (Å²) in [5.74, 6) is 0.846. The molecule has 0 saturated carbocycles. The SMILES string of the molecule is O=C(CCc1ccc(F)cc1)N1CCC[C@H](c2nc(-c3ccc(F)cc3)no2)C1.O=C(c1cc2ccccc2cn1)N1CCC[C@H](c2nc(-c3ccc(F)cc3)no2)C1. The molecule has 0 bridgehead atoms. The van der Waals surface area contributed by atoms with Crippen LogP contribution >= 0.6 is 0 Å². The summed E-state index contributed by atoms with van der Waals surface area (Å²) in [4.78, 5) is 42.6. The highest BCUT2D eigenvalue weighted by Gasteiger charge is 2.31. The van der Waals surface area contributed by atoms with Crippen LogP contribution in [0.1, 0.15) is 71.8 Å². The van der Waals surface area contributed by atoms with Gasteiger partial charge in [-0.15, -0.1) is 0 Å². The number of carbonyl (C=O) groups is 2. The average Bonchev–Trinajstić information content (AvgIpc) is 3.99. The summed E-state index contributed by atoms with van der Waals surface area (Å²) in [5.41, 5.74) is 2.75. The topological polar surface area (TPSA) is 131 Å². The molecule has 2 atom stereocenters. The first-order valence-corrected chi connectivity index (χ1v) is 19.6. The molecule has 0 radical (unpaired) electrons. The van der Waals surface area contributed by atoms with Crippen molar-refractivity contribution in [2.45, 2.75) is 50.4 Å². The molecule has 2 fully saturated rings. The molecule has 2 aliphatic heterocycles. The number of hydrogen-bond acceptors (Lipinski definition) is 9. The number of pyridine rings is 1. The van der Waals surface area contributed by atoms with Gasteiger partial charge in [-0.25, -0.2) is 13.2 Å². The number of amides is 2. The molecule has 2 saturated heterocycles. The zero-order chi connectivity index (χ0) is 40.7. The molecule has 7 aromatic rings. The highest BCUT2D eigenvalue weighted by atomic mass is 19.1. The second-order valence-electron chi connectivity index (χ2n) is 14.7. The quantitative estimate of drug-likeness (QED) is 0.148. The van der Waals surface area contributed by atoms with Gasteiger partial charge in [-0.2, -0.15) is 9.97 Å². The number of carbonyl (C=O) groups excluding carboxylic acids is 2. The van der Waals surface area contributed by atoms with Gasteiger partial charge in [0.05, 0.1) is 11.8 Å². The Hall–Kier alpha value is -6.70. The molecule has 9 rings (SSSR count). The second-order valence-corrected chi connectivity index (χ2v) is 14.7. The Morgan fingerprint density at radius 3 is 1.73 bits per heavy atom. The molecule has 2 aliphatic rings. The van der Waals surface area contributed by atoms with Gasteiger partial charge in [0.25, 0.3) is 5.91 Å². The van der Waals surface area contributed by atoms with Gasteiger partial charge in [0.1, 0.15) is 23.1 Å². The van der Waals surface area contributed by atoms with E-state index in [1.165, 1.54) is 36.4 Å². The van der Waals surface area contributed by atoms with E-state index in [-0.39, 0.29) is 41.1 Å². The van der Waals surface area contributed by atoms with Crippen molar-refractivity contribution in [1.29, 1.82) is 0 Å². The number of rotatable bonds is 8. The molecule has 0 aliphatic carbocycles. The van der Waals surface area contributed by atoms with E-state index in [4.69, 9.17) is 9.05 Å². The van der Waals surface area contributed by atoms with E-state index in [9.17, 15) is 22.8 Å². The summed E-state index contributed by atoms with van der Waals surface area (Å²) in [6, 6.07) is 27.8. The fourth-order valence-electron chi connectivity index (χ4n) is 7.43. The van der Waals surface area contributed by atoms with Crippen molar-refractivity contribution in [1.82, 2.24) is 35.1 Å². The Morgan fingerprint density at radius 1 is 0.644 bits per heavy atom. The minimum absolute atomic E-state index is 0.0137. The standard InChI is InChI=1S/C23H19FN4O2.C22H21F2N3O2/c24-19-9-7-15(8-10-19)21-26-22(30-27-21)18-6-3-11-28(14-18)23(29)20-12-16-4-1-2-5-17(16)13-25-20;23-18-8-3-15(4-9-18)5-12-20(28)27-13-1-2-17(14-27)22-25-21(26-29-22)16-6-10-19(24)11-7-16/h1-2,4-5,7-10,12-13,18H,3,6,11,14H2;3-4,6-11,17H,1-2,5,12-14H2/t18-;17-/m00/s1. The zero-order valence-electron chi connectivity index (χ0n) is 32.0. The third kappa shape index (κ3) is 9.54. The van der Waals surface area contributed by atoms with Crippen LogP contribution in [0, 0.1) is 17.5 Å². The Bertz CT molecular complexity index is 2530. The third-order valence-electron chi connectivity index (χ3n) is 10.7. The van der Waals surface area contributed by atoms with E-state index >= 15 is 0 Å². The summed E-state index contributed by atoms with van der Waals surface area (Å²) in [6.45, 7) is 2.41. The van der Waals surface area contributed by atoms with Crippen LogP contribution in [0.5, 0.6) is 0 Å². The number of benzene rings is 4. The predicted octanol–water partition coefficient (Wildman–Crippen LogP) is 8.80. The average molecular weight is 800 g/mol. The lowest BCUT2D eigenvalue weighted by molar-refractivity contribution is -0.132. The minimum atomic E-state index is -0.320. The van der Waals surface area contributed by atoms with Crippen LogP contribution in [0.2, 0.25) is 0 Å². The number of fused-ring (bicyclic) bond motifs is 1. The Morgan fingerprint density at radius 2 is 1.15 bits per heavy atom. The first-order chi connectivity index (χ1) is 28.8. The van der Waals surface area contributed by atoms with Gasteiger partial charge in [-0.05, 0) is 110 Å². The van der Waals surface area contributed by atoms with E-state index in [0.29, 0.717) is 79.3 Å². The monoisotopic (exact) mass is 799 g/mol. The van der Waals surface area contributed by atoms with Crippen molar-refractivity contribution in [3.63, 3.8) is 0 Å². The number of likely N-dealkylation sites (tertiary alicyclic amines) is 2. The summed E-state index contributed by atoms with van der Waals surface area (Å²) < 4.78 is 50.1. The van der Waals surface area contributed by atoms with Crippen LogP contribution in [-0.4, -0.2) is 73.1 Å². The Balaban J connectivity index is 0.000000164. The highest BCUT2D eigenvalue weighted by molar-refractivity contribution is 5.96. The lowest BCUT2D eigenvalue weighted by Gasteiger charge is -2.31. The fourth-order valence-corrected chi connectivity index (χ4v) is 7.43. The molecule has 300 valence electrons. The molecule has 5 heterocycles. The molecular formula is C45H40F3N7O4.